The zero-order chi connectivity index (χ0) is 22.9. The van der Waals surface area contributed by atoms with E-state index in [4.69, 9.17) is 26.4 Å². The Morgan fingerprint density at radius 3 is 2.41 bits per heavy atom. The molecule has 0 saturated heterocycles. The smallest absolute Gasteiger partial charge is 0.343 e. The molecule has 7 nitrogen and oxygen atoms in total. The Balaban J connectivity index is 1.54. The van der Waals surface area contributed by atoms with Gasteiger partial charge in [-0.25, -0.2) is 4.79 Å². The van der Waals surface area contributed by atoms with E-state index in [2.05, 4.69) is 15.8 Å². The van der Waals surface area contributed by atoms with Crippen molar-refractivity contribution in [3.8, 4) is 17.2 Å². The molecule has 2 N–H and O–H groups in total. The molecule has 164 valence electrons. The first kappa shape index (κ1) is 22.8. The second kappa shape index (κ2) is 10.9. The highest BCUT2D eigenvalue weighted by Gasteiger charge is 2.12. The minimum Gasteiger partial charge on any atom is -0.493 e. The number of nitrogens with one attached hydrogen (secondary N) is 2. The lowest BCUT2D eigenvalue weighted by Crippen LogP contribution is -2.23. The van der Waals surface area contributed by atoms with Gasteiger partial charge in [-0.05, 0) is 84.9 Å². The summed E-state index contributed by atoms with van der Waals surface area (Å²) in [6.07, 6.45) is 1.62. The van der Waals surface area contributed by atoms with Crippen molar-refractivity contribution in [1.82, 2.24) is 5.43 Å². The van der Waals surface area contributed by atoms with Crippen molar-refractivity contribution in [3.05, 3.63) is 83.4 Å². The number of carbonyl (C=O) groups is 1. The number of methoxy groups -OCH3 is 2. The molecule has 3 aromatic carbocycles. The molecule has 0 bridgehead atoms. The van der Waals surface area contributed by atoms with E-state index >= 15 is 0 Å². The summed E-state index contributed by atoms with van der Waals surface area (Å²) in [4.78, 5) is 12.4. The van der Waals surface area contributed by atoms with Crippen LogP contribution in [0, 0.1) is 6.92 Å². The second-order valence-electron chi connectivity index (χ2n) is 6.72. The molecule has 0 aromatic heterocycles. The summed E-state index contributed by atoms with van der Waals surface area (Å²) in [6, 6.07) is 19.6. The maximum atomic E-state index is 12.4. The molecule has 0 aliphatic carbocycles. The summed E-state index contributed by atoms with van der Waals surface area (Å²) in [5, 5.41) is 7.57. The predicted octanol–water partition coefficient (Wildman–Crippen LogP) is 4.55. The highest BCUT2D eigenvalue weighted by Crippen LogP contribution is 2.28. The summed E-state index contributed by atoms with van der Waals surface area (Å²) in [5.74, 6) is 0.902. The Bertz CT molecular complexity index is 1130. The van der Waals surface area contributed by atoms with Gasteiger partial charge in [-0.1, -0.05) is 12.1 Å². The van der Waals surface area contributed by atoms with E-state index in [0.717, 1.165) is 16.8 Å². The van der Waals surface area contributed by atoms with E-state index < -0.39 is 5.97 Å². The SMILES string of the molecule is COc1ccc(C(=O)Oc2ccc(/C=N/NC(=S)Nc3cccc(C)c3)cc2)cc1OC. The van der Waals surface area contributed by atoms with Crippen LogP contribution in [0.2, 0.25) is 0 Å². The van der Waals surface area contributed by atoms with Gasteiger partial charge in [0.15, 0.2) is 16.6 Å². The van der Waals surface area contributed by atoms with Crippen molar-refractivity contribution in [3.63, 3.8) is 0 Å². The average Bonchev–Trinajstić information content (AvgIpc) is 2.79. The first-order chi connectivity index (χ1) is 15.5. The zero-order valence-electron chi connectivity index (χ0n) is 17.9. The van der Waals surface area contributed by atoms with Crippen molar-refractivity contribution >= 4 is 35.2 Å². The summed E-state index contributed by atoms with van der Waals surface area (Å²) < 4.78 is 15.8. The minimum absolute atomic E-state index is 0.354. The molecule has 0 aliphatic rings. The lowest BCUT2D eigenvalue weighted by Gasteiger charge is -2.09. The Kier molecular flexibility index (Phi) is 7.77. The molecular weight excluding hydrogens is 426 g/mol. The molecule has 3 rings (SSSR count). The third-order valence-corrected chi connectivity index (χ3v) is 4.56. The number of aryl methyl sites for hydroxylation is 1. The summed E-state index contributed by atoms with van der Waals surface area (Å²) in [5.41, 5.74) is 5.95. The van der Waals surface area contributed by atoms with Gasteiger partial charge in [0.1, 0.15) is 5.75 Å². The number of anilines is 1. The monoisotopic (exact) mass is 449 g/mol. The number of ether oxygens (including phenoxy) is 3. The van der Waals surface area contributed by atoms with Gasteiger partial charge in [0.05, 0.1) is 26.0 Å². The van der Waals surface area contributed by atoms with E-state index in [1.165, 1.54) is 14.2 Å². The highest BCUT2D eigenvalue weighted by atomic mass is 32.1. The molecule has 8 heteroatoms. The summed E-state index contributed by atoms with van der Waals surface area (Å²) in [7, 11) is 3.04. The van der Waals surface area contributed by atoms with Crippen LogP contribution in [0.4, 0.5) is 5.69 Å². The minimum atomic E-state index is -0.499. The van der Waals surface area contributed by atoms with E-state index in [9.17, 15) is 4.79 Å². The van der Waals surface area contributed by atoms with Gasteiger partial charge >= 0.3 is 5.97 Å². The lowest BCUT2D eigenvalue weighted by atomic mass is 10.2. The van der Waals surface area contributed by atoms with E-state index in [-0.39, 0.29) is 0 Å². The standard InChI is InChI=1S/C24H23N3O4S/c1-16-5-4-6-19(13-16)26-24(32)27-25-15-17-7-10-20(11-8-17)31-23(28)18-9-12-21(29-2)22(14-18)30-3/h4-15H,1-3H3,(H2,26,27,32)/b25-15+. The molecule has 0 unspecified atom stereocenters. The first-order valence-electron chi connectivity index (χ1n) is 9.69. The van der Waals surface area contributed by atoms with Gasteiger partial charge in [-0.2, -0.15) is 5.10 Å². The van der Waals surface area contributed by atoms with Gasteiger partial charge < -0.3 is 19.5 Å². The number of esters is 1. The number of rotatable bonds is 7. The van der Waals surface area contributed by atoms with E-state index in [0.29, 0.717) is 27.9 Å². The van der Waals surface area contributed by atoms with E-state index in [1.807, 2.05) is 31.2 Å². The fourth-order valence-corrected chi connectivity index (χ4v) is 2.97. The van der Waals surface area contributed by atoms with Crippen LogP contribution in [0.3, 0.4) is 0 Å². The molecule has 3 aromatic rings. The van der Waals surface area contributed by atoms with Crippen LogP contribution >= 0.6 is 12.2 Å². The van der Waals surface area contributed by atoms with Crippen molar-refractivity contribution in [2.24, 2.45) is 5.10 Å². The molecule has 0 aliphatic heterocycles. The Hall–Kier alpha value is -3.91. The number of hydrogen-bond acceptors (Lipinski definition) is 6. The van der Waals surface area contributed by atoms with Crippen molar-refractivity contribution in [2.45, 2.75) is 6.92 Å². The largest absolute Gasteiger partial charge is 0.493 e. The molecule has 0 fully saturated rings. The van der Waals surface area contributed by atoms with Gasteiger partial charge in [-0.3, -0.25) is 5.43 Å². The predicted molar refractivity (Wildman–Crippen MR) is 129 cm³/mol. The number of hydrogen-bond donors (Lipinski definition) is 2. The normalized spacial score (nSPS) is 10.5. The molecular formula is C24H23N3O4S. The maximum Gasteiger partial charge on any atom is 0.343 e. The highest BCUT2D eigenvalue weighted by molar-refractivity contribution is 7.80. The summed E-state index contributed by atoms with van der Waals surface area (Å²) in [6.45, 7) is 2.01. The zero-order valence-corrected chi connectivity index (χ0v) is 18.7. The van der Waals surface area contributed by atoms with Crippen LogP contribution in [0.25, 0.3) is 0 Å². The quantitative estimate of drug-likeness (QED) is 0.180. The van der Waals surface area contributed by atoms with Gasteiger partial charge in [0.25, 0.3) is 0 Å². The Labute approximate surface area is 192 Å². The molecule has 0 saturated carbocycles. The molecule has 0 atom stereocenters. The van der Waals surface area contributed by atoms with Gasteiger partial charge in [0.2, 0.25) is 0 Å². The third-order valence-electron chi connectivity index (χ3n) is 4.37. The number of carbonyl (C=O) groups excluding carboxylic acids is 1. The van der Waals surface area contributed by atoms with Crippen molar-refractivity contribution in [2.75, 3.05) is 19.5 Å². The van der Waals surface area contributed by atoms with Crippen molar-refractivity contribution < 1.29 is 19.0 Å². The maximum absolute atomic E-state index is 12.4. The molecule has 0 amide bonds. The third kappa shape index (κ3) is 6.29. The number of nitrogens with zero attached hydrogens (tertiary/aromatic N) is 1. The lowest BCUT2D eigenvalue weighted by molar-refractivity contribution is 0.0734. The average molecular weight is 450 g/mol. The molecule has 0 heterocycles. The van der Waals surface area contributed by atoms with Crippen LogP contribution in [0.5, 0.6) is 17.2 Å². The number of hydrazone groups is 1. The van der Waals surface area contributed by atoms with Gasteiger partial charge in [-0.15, -0.1) is 0 Å². The summed E-state index contributed by atoms with van der Waals surface area (Å²) >= 11 is 5.23. The van der Waals surface area contributed by atoms with Crippen LogP contribution in [-0.4, -0.2) is 31.5 Å². The Morgan fingerprint density at radius 1 is 0.969 bits per heavy atom. The Morgan fingerprint density at radius 2 is 1.72 bits per heavy atom. The first-order valence-corrected chi connectivity index (χ1v) is 10.1. The topological polar surface area (TPSA) is 81.2 Å². The fraction of sp³-hybridized carbons (Fsp3) is 0.125. The molecule has 32 heavy (non-hydrogen) atoms. The number of thiocarbonyl (C=S) groups is 1. The molecule has 0 spiro atoms. The van der Waals surface area contributed by atoms with Gasteiger partial charge in [0, 0.05) is 5.69 Å². The number of benzene rings is 3. The van der Waals surface area contributed by atoms with Crippen LogP contribution < -0.4 is 25.0 Å². The van der Waals surface area contributed by atoms with E-state index in [1.54, 1.807) is 48.7 Å². The van der Waals surface area contributed by atoms with Crippen LogP contribution in [-0.2, 0) is 0 Å². The van der Waals surface area contributed by atoms with Crippen molar-refractivity contribution in [1.29, 1.82) is 0 Å². The fourth-order valence-electron chi connectivity index (χ4n) is 2.80. The second-order valence-corrected chi connectivity index (χ2v) is 7.13. The van der Waals surface area contributed by atoms with Crippen LogP contribution in [0.1, 0.15) is 21.5 Å². The van der Waals surface area contributed by atoms with Crippen LogP contribution in [0.15, 0.2) is 71.8 Å². The molecule has 0 radical (unpaired) electrons.